The van der Waals surface area contributed by atoms with Crippen molar-refractivity contribution in [2.24, 2.45) is 0 Å². The third-order valence-electron chi connectivity index (χ3n) is 4.42. The molecule has 4 rings (SSSR count). The molecule has 0 bridgehead atoms. The fraction of sp³-hybridized carbons (Fsp3) is 0.211. The molecule has 124 valence electrons. The van der Waals surface area contributed by atoms with E-state index in [4.69, 9.17) is 0 Å². The van der Waals surface area contributed by atoms with Crippen molar-refractivity contribution in [1.29, 1.82) is 0 Å². The number of pyridine rings is 1. The van der Waals surface area contributed by atoms with E-state index in [1.165, 1.54) is 17.3 Å². The predicted molar refractivity (Wildman–Crippen MR) is 98.6 cm³/mol. The first kappa shape index (κ1) is 16.7. The summed E-state index contributed by atoms with van der Waals surface area (Å²) in [5.41, 5.74) is 4.48. The van der Waals surface area contributed by atoms with E-state index < -0.39 is 0 Å². The van der Waals surface area contributed by atoms with Crippen LogP contribution in [0.2, 0.25) is 0 Å². The summed E-state index contributed by atoms with van der Waals surface area (Å²) >= 11 is 0. The average molecular weight is 344 g/mol. The summed E-state index contributed by atoms with van der Waals surface area (Å²) < 4.78 is 15.9. The lowest BCUT2D eigenvalue weighted by Crippen LogP contribution is -2.26. The van der Waals surface area contributed by atoms with E-state index in [1.54, 1.807) is 12.3 Å². The number of fused-ring (bicyclic) bond motifs is 3. The Morgan fingerprint density at radius 1 is 1.21 bits per heavy atom. The fourth-order valence-corrected chi connectivity index (χ4v) is 3.30. The molecule has 0 unspecified atom stereocenters. The molecule has 0 saturated carbocycles. The molecule has 1 aliphatic rings. The number of aromatic nitrogens is 2. The zero-order valence-corrected chi connectivity index (χ0v) is 14.3. The molecule has 0 atom stereocenters. The second-order valence-electron chi connectivity index (χ2n) is 6.01. The number of rotatable bonds is 2. The standard InChI is InChI=1S/C19H18FN3.ClH/c1-22-10-8-19-17(13-22)16-12-14(20)5-6-18(16)23(19)11-7-15-4-2-3-9-21-15;/h2-7,9,11-12H,8,10,13H2,1H3;1H/b11-7+;. The number of nitrogens with zero attached hydrogens (tertiary/aromatic N) is 3. The van der Waals surface area contributed by atoms with Crippen molar-refractivity contribution in [2.75, 3.05) is 13.6 Å². The largest absolute Gasteiger partial charge is 0.320 e. The van der Waals surface area contributed by atoms with Gasteiger partial charge in [-0.15, -0.1) is 12.4 Å². The Kier molecular flexibility index (Phi) is 4.69. The molecule has 0 aliphatic carbocycles. The Bertz CT molecular complexity index is 887. The Balaban J connectivity index is 0.00000169. The first-order valence-corrected chi connectivity index (χ1v) is 7.81. The second kappa shape index (κ2) is 6.75. The zero-order valence-electron chi connectivity index (χ0n) is 13.4. The smallest absolute Gasteiger partial charge is 0.123 e. The molecule has 5 heteroatoms. The van der Waals surface area contributed by atoms with Gasteiger partial charge in [0, 0.05) is 43.0 Å². The van der Waals surface area contributed by atoms with Crippen molar-refractivity contribution in [3.63, 3.8) is 0 Å². The Labute approximate surface area is 146 Å². The summed E-state index contributed by atoms with van der Waals surface area (Å²) in [4.78, 5) is 6.61. The molecule has 0 N–H and O–H groups in total. The lowest BCUT2D eigenvalue weighted by Gasteiger charge is -2.23. The van der Waals surface area contributed by atoms with Crippen LogP contribution in [0.3, 0.4) is 0 Å². The van der Waals surface area contributed by atoms with Crippen molar-refractivity contribution in [2.45, 2.75) is 13.0 Å². The SMILES string of the molecule is CN1CCc2c(c3cc(F)ccc3n2/C=C/c2ccccn2)C1.Cl. The highest BCUT2D eigenvalue weighted by atomic mass is 35.5. The Hall–Kier alpha value is -2.17. The van der Waals surface area contributed by atoms with Gasteiger partial charge in [0.25, 0.3) is 0 Å². The van der Waals surface area contributed by atoms with Crippen LogP contribution in [0, 0.1) is 5.82 Å². The van der Waals surface area contributed by atoms with Crippen LogP contribution in [-0.2, 0) is 13.0 Å². The summed E-state index contributed by atoms with van der Waals surface area (Å²) in [5.74, 6) is -0.181. The molecule has 3 nitrogen and oxygen atoms in total. The maximum absolute atomic E-state index is 13.7. The lowest BCUT2D eigenvalue weighted by atomic mass is 10.1. The van der Waals surface area contributed by atoms with Crippen molar-refractivity contribution >= 4 is 35.6 Å². The first-order valence-electron chi connectivity index (χ1n) is 7.81. The van der Waals surface area contributed by atoms with Gasteiger partial charge >= 0.3 is 0 Å². The van der Waals surface area contributed by atoms with E-state index in [0.717, 1.165) is 36.1 Å². The lowest BCUT2D eigenvalue weighted by molar-refractivity contribution is 0.312. The molecule has 0 fully saturated rings. The van der Waals surface area contributed by atoms with Gasteiger partial charge in [0.15, 0.2) is 0 Å². The van der Waals surface area contributed by atoms with Crippen molar-refractivity contribution in [3.8, 4) is 0 Å². The van der Waals surface area contributed by atoms with Crippen LogP contribution in [0.5, 0.6) is 0 Å². The summed E-state index contributed by atoms with van der Waals surface area (Å²) in [5, 5.41) is 1.01. The van der Waals surface area contributed by atoms with Crippen LogP contribution in [0.4, 0.5) is 4.39 Å². The average Bonchev–Trinajstić information content (AvgIpc) is 2.86. The molecule has 0 saturated heterocycles. The van der Waals surface area contributed by atoms with Crippen molar-refractivity contribution < 1.29 is 4.39 Å². The highest BCUT2D eigenvalue weighted by Crippen LogP contribution is 2.31. The summed E-state index contributed by atoms with van der Waals surface area (Å²) in [6.07, 6.45) is 6.80. The van der Waals surface area contributed by atoms with Crippen LogP contribution in [0.15, 0.2) is 42.6 Å². The molecule has 0 radical (unpaired) electrons. The third-order valence-corrected chi connectivity index (χ3v) is 4.42. The van der Waals surface area contributed by atoms with Crippen LogP contribution < -0.4 is 0 Å². The monoisotopic (exact) mass is 343 g/mol. The van der Waals surface area contributed by atoms with Crippen molar-refractivity contribution in [1.82, 2.24) is 14.5 Å². The van der Waals surface area contributed by atoms with Gasteiger partial charge in [0.1, 0.15) is 5.82 Å². The molecule has 24 heavy (non-hydrogen) atoms. The predicted octanol–water partition coefficient (Wildman–Crippen LogP) is 4.21. The number of hydrogen-bond acceptors (Lipinski definition) is 2. The van der Waals surface area contributed by atoms with E-state index in [1.807, 2.05) is 36.5 Å². The summed E-state index contributed by atoms with van der Waals surface area (Å²) in [6.45, 7) is 1.88. The number of likely N-dealkylation sites (N-methyl/N-ethyl adjacent to an activating group) is 1. The van der Waals surface area contributed by atoms with E-state index in [9.17, 15) is 4.39 Å². The van der Waals surface area contributed by atoms with Gasteiger partial charge in [-0.1, -0.05) is 6.07 Å². The Morgan fingerprint density at radius 3 is 2.88 bits per heavy atom. The van der Waals surface area contributed by atoms with Gasteiger partial charge < -0.3 is 9.47 Å². The molecule has 0 amide bonds. The minimum absolute atomic E-state index is 0. The maximum atomic E-state index is 13.7. The Morgan fingerprint density at radius 2 is 2.08 bits per heavy atom. The van der Waals surface area contributed by atoms with Gasteiger partial charge in [0.05, 0.1) is 11.2 Å². The number of hydrogen-bond donors (Lipinski definition) is 0. The molecule has 0 spiro atoms. The minimum Gasteiger partial charge on any atom is -0.320 e. The van der Waals surface area contributed by atoms with Crippen LogP contribution in [0.1, 0.15) is 17.0 Å². The topological polar surface area (TPSA) is 21.1 Å². The quantitative estimate of drug-likeness (QED) is 0.695. The van der Waals surface area contributed by atoms with E-state index in [0.29, 0.717) is 0 Å². The minimum atomic E-state index is -0.181. The molecule has 1 aliphatic heterocycles. The van der Waals surface area contributed by atoms with Crippen LogP contribution in [0.25, 0.3) is 23.2 Å². The summed E-state index contributed by atoms with van der Waals surface area (Å²) in [6, 6.07) is 10.9. The van der Waals surface area contributed by atoms with E-state index in [2.05, 4.69) is 21.5 Å². The highest BCUT2D eigenvalue weighted by Gasteiger charge is 2.21. The zero-order chi connectivity index (χ0) is 15.8. The van der Waals surface area contributed by atoms with Gasteiger partial charge in [0.2, 0.25) is 0 Å². The van der Waals surface area contributed by atoms with Gasteiger partial charge in [-0.3, -0.25) is 4.98 Å². The third kappa shape index (κ3) is 2.95. The van der Waals surface area contributed by atoms with Gasteiger partial charge in [-0.2, -0.15) is 0 Å². The van der Waals surface area contributed by atoms with E-state index in [-0.39, 0.29) is 18.2 Å². The van der Waals surface area contributed by atoms with Gasteiger partial charge in [-0.25, -0.2) is 4.39 Å². The molecule has 2 aromatic heterocycles. The number of benzene rings is 1. The molecular formula is C19H19ClFN3. The first-order chi connectivity index (χ1) is 11.2. The van der Waals surface area contributed by atoms with Gasteiger partial charge in [-0.05, 0) is 49.0 Å². The van der Waals surface area contributed by atoms with Crippen LogP contribution >= 0.6 is 12.4 Å². The van der Waals surface area contributed by atoms with Crippen LogP contribution in [-0.4, -0.2) is 28.0 Å². The fourth-order valence-electron chi connectivity index (χ4n) is 3.30. The van der Waals surface area contributed by atoms with E-state index >= 15 is 0 Å². The second-order valence-corrected chi connectivity index (χ2v) is 6.01. The molecule has 3 heterocycles. The molecule has 1 aromatic carbocycles. The number of halogens is 2. The highest BCUT2D eigenvalue weighted by molar-refractivity contribution is 5.88. The molecule has 3 aromatic rings. The van der Waals surface area contributed by atoms with Crippen molar-refractivity contribution in [3.05, 3.63) is 65.4 Å². The molecular weight excluding hydrogens is 325 g/mol. The summed E-state index contributed by atoms with van der Waals surface area (Å²) in [7, 11) is 2.11. The maximum Gasteiger partial charge on any atom is 0.123 e. The normalized spacial score (nSPS) is 14.8.